The topological polar surface area (TPSA) is 55.6 Å². The van der Waals surface area contributed by atoms with Crippen LogP contribution in [0.3, 0.4) is 0 Å². The lowest BCUT2D eigenvalue weighted by Crippen LogP contribution is -2.48. The minimum atomic E-state index is -0.0778. The molecule has 2 atom stereocenters. The Labute approximate surface area is 114 Å². The molecule has 0 radical (unpaired) electrons. The minimum absolute atomic E-state index is 0.0502. The number of nitrogens with zero attached hydrogens (tertiary/aromatic N) is 1. The average molecular weight is 270 g/mol. The van der Waals surface area contributed by atoms with Crippen LogP contribution in [0.25, 0.3) is 0 Å². The van der Waals surface area contributed by atoms with Crippen molar-refractivity contribution in [1.82, 2.24) is 4.90 Å². The zero-order chi connectivity index (χ0) is 13.3. The number of carbonyl (C=O) groups is 1. The number of ether oxygens (including phenoxy) is 1. The predicted octanol–water partition coefficient (Wildman–Crippen LogP) is 1.33. The molecule has 0 aromatic heterocycles. The van der Waals surface area contributed by atoms with E-state index in [1.807, 2.05) is 11.8 Å². The van der Waals surface area contributed by atoms with Gasteiger partial charge in [-0.25, -0.2) is 0 Å². The summed E-state index contributed by atoms with van der Waals surface area (Å²) in [5.74, 6) is 0.290. The molecule has 0 spiro atoms. The second kappa shape index (κ2) is 5.13. The molecule has 2 heterocycles. The molecule has 1 amide bonds. The molecule has 2 unspecified atom stereocenters. The summed E-state index contributed by atoms with van der Waals surface area (Å²) in [4.78, 5) is 14.8. The van der Waals surface area contributed by atoms with Gasteiger partial charge >= 0.3 is 0 Å². The van der Waals surface area contributed by atoms with Gasteiger partial charge in [-0.1, -0.05) is 19.1 Å². The van der Waals surface area contributed by atoms with Crippen molar-refractivity contribution in [2.24, 2.45) is 17.1 Å². The smallest absolute Gasteiger partial charge is 0.228 e. The zero-order valence-corrected chi connectivity index (χ0v) is 12.0. The van der Waals surface area contributed by atoms with Crippen LogP contribution >= 0.6 is 12.2 Å². The molecular formula is C13H22N2O2S. The molecular weight excluding hydrogens is 248 g/mol. The van der Waals surface area contributed by atoms with Gasteiger partial charge in [0.15, 0.2) is 0 Å². The summed E-state index contributed by atoms with van der Waals surface area (Å²) in [6, 6.07) is 0. The largest absolute Gasteiger partial charge is 0.393 e. The van der Waals surface area contributed by atoms with E-state index >= 15 is 0 Å². The van der Waals surface area contributed by atoms with Crippen molar-refractivity contribution < 1.29 is 9.53 Å². The van der Waals surface area contributed by atoms with Gasteiger partial charge in [-0.05, 0) is 26.2 Å². The number of hydrogen-bond acceptors (Lipinski definition) is 3. The number of hydrogen-bond donors (Lipinski definition) is 1. The molecule has 2 aliphatic heterocycles. The number of rotatable bonds is 2. The summed E-state index contributed by atoms with van der Waals surface area (Å²) < 4.78 is 5.47. The van der Waals surface area contributed by atoms with Crippen molar-refractivity contribution in [1.29, 1.82) is 0 Å². The van der Waals surface area contributed by atoms with E-state index in [1.54, 1.807) is 0 Å². The highest BCUT2D eigenvalue weighted by Gasteiger charge is 2.37. The Balaban J connectivity index is 1.90. The van der Waals surface area contributed by atoms with Gasteiger partial charge in [0.2, 0.25) is 5.91 Å². The summed E-state index contributed by atoms with van der Waals surface area (Å²) in [7, 11) is 0. The van der Waals surface area contributed by atoms with Gasteiger partial charge in [-0.15, -0.1) is 0 Å². The monoisotopic (exact) mass is 270 g/mol. The Kier molecular flexibility index (Phi) is 3.92. The van der Waals surface area contributed by atoms with Crippen molar-refractivity contribution in [2.45, 2.75) is 39.2 Å². The van der Waals surface area contributed by atoms with Crippen LogP contribution in [0.4, 0.5) is 0 Å². The molecule has 2 rings (SSSR count). The SMILES string of the molecule is CC1CC(C(=O)N2CCC(C)(C(N)=S)CC2)CO1. The molecule has 0 bridgehead atoms. The van der Waals surface area contributed by atoms with E-state index in [0.29, 0.717) is 11.6 Å². The van der Waals surface area contributed by atoms with Crippen molar-refractivity contribution in [2.75, 3.05) is 19.7 Å². The maximum Gasteiger partial charge on any atom is 0.228 e. The fourth-order valence-electron chi connectivity index (χ4n) is 2.71. The van der Waals surface area contributed by atoms with E-state index in [9.17, 15) is 4.79 Å². The van der Waals surface area contributed by atoms with Crippen molar-refractivity contribution in [3.8, 4) is 0 Å². The summed E-state index contributed by atoms with van der Waals surface area (Å²) in [6.45, 7) is 6.21. The van der Waals surface area contributed by atoms with Crippen molar-refractivity contribution in [3.63, 3.8) is 0 Å². The molecule has 0 aromatic rings. The number of amides is 1. The van der Waals surface area contributed by atoms with Gasteiger partial charge in [0.25, 0.3) is 0 Å². The number of likely N-dealkylation sites (tertiary alicyclic amines) is 1. The summed E-state index contributed by atoms with van der Waals surface area (Å²) in [5.41, 5.74) is 5.69. The first kappa shape index (κ1) is 13.7. The second-order valence-corrected chi connectivity index (χ2v) is 6.27. The third-order valence-electron chi connectivity index (χ3n) is 4.32. The maximum absolute atomic E-state index is 12.3. The van der Waals surface area contributed by atoms with Crippen LogP contribution in [0.2, 0.25) is 0 Å². The summed E-state index contributed by atoms with van der Waals surface area (Å²) >= 11 is 5.11. The summed E-state index contributed by atoms with van der Waals surface area (Å²) in [5, 5.41) is 0. The van der Waals surface area contributed by atoms with Crippen LogP contribution in [-0.4, -0.2) is 41.6 Å². The molecule has 0 saturated carbocycles. The van der Waals surface area contributed by atoms with Crippen LogP contribution in [0.1, 0.15) is 33.1 Å². The van der Waals surface area contributed by atoms with Gasteiger partial charge in [0, 0.05) is 18.5 Å². The molecule has 2 N–H and O–H groups in total. The minimum Gasteiger partial charge on any atom is -0.393 e. The quantitative estimate of drug-likeness (QED) is 0.769. The van der Waals surface area contributed by atoms with Crippen molar-refractivity contribution in [3.05, 3.63) is 0 Å². The molecule has 5 heteroatoms. The van der Waals surface area contributed by atoms with Crippen molar-refractivity contribution >= 4 is 23.1 Å². The molecule has 2 saturated heterocycles. The van der Waals surface area contributed by atoms with Gasteiger partial charge < -0.3 is 15.4 Å². The average Bonchev–Trinajstić information content (AvgIpc) is 2.76. The summed E-state index contributed by atoms with van der Waals surface area (Å²) in [6.07, 6.45) is 2.81. The lowest BCUT2D eigenvalue weighted by molar-refractivity contribution is -0.137. The Bertz CT molecular complexity index is 351. The number of nitrogens with two attached hydrogens (primary N) is 1. The van der Waals surface area contributed by atoms with Crippen LogP contribution in [-0.2, 0) is 9.53 Å². The maximum atomic E-state index is 12.3. The lowest BCUT2D eigenvalue weighted by Gasteiger charge is -2.39. The van der Waals surface area contributed by atoms with Crippen LogP contribution in [0.5, 0.6) is 0 Å². The number of piperidine rings is 1. The van der Waals surface area contributed by atoms with E-state index in [0.717, 1.165) is 32.4 Å². The highest BCUT2D eigenvalue weighted by Crippen LogP contribution is 2.32. The lowest BCUT2D eigenvalue weighted by atomic mass is 9.80. The van der Waals surface area contributed by atoms with E-state index in [1.165, 1.54) is 0 Å². The molecule has 18 heavy (non-hydrogen) atoms. The first-order valence-corrected chi connectivity index (χ1v) is 7.03. The first-order valence-electron chi connectivity index (χ1n) is 6.63. The zero-order valence-electron chi connectivity index (χ0n) is 11.1. The molecule has 2 aliphatic rings. The first-order chi connectivity index (χ1) is 8.42. The van der Waals surface area contributed by atoms with E-state index in [4.69, 9.17) is 22.7 Å². The van der Waals surface area contributed by atoms with E-state index < -0.39 is 0 Å². The molecule has 4 nitrogen and oxygen atoms in total. The normalized spacial score (nSPS) is 31.3. The second-order valence-electron chi connectivity index (χ2n) is 5.83. The standard InChI is InChI=1S/C13H22N2O2S/c1-9-7-10(8-17-9)11(16)15-5-3-13(2,4-6-15)12(14)18/h9-10H,3-8H2,1-2H3,(H2,14,18). The third kappa shape index (κ3) is 2.67. The Morgan fingerprint density at radius 1 is 1.44 bits per heavy atom. The Morgan fingerprint density at radius 2 is 2.06 bits per heavy atom. The highest BCUT2D eigenvalue weighted by atomic mass is 32.1. The number of thiocarbonyl (C=S) groups is 1. The van der Waals surface area contributed by atoms with Gasteiger partial charge in [-0.2, -0.15) is 0 Å². The van der Waals surface area contributed by atoms with Gasteiger partial charge in [0.1, 0.15) is 0 Å². The fraction of sp³-hybridized carbons (Fsp3) is 0.846. The molecule has 0 aliphatic carbocycles. The highest BCUT2D eigenvalue weighted by molar-refractivity contribution is 7.80. The number of carbonyl (C=O) groups excluding carboxylic acids is 1. The fourth-order valence-corrected chi connectivity index (χ4v) is 2.92. The molecule has 2 fully saturated rings. The Hall–Kier alpha value is -0.680. The van der Waals surface area contributed by atoms with E-state index in [2.05, 4.69) is 6.92 Å². The predicted molar refractivity (Wildman–Crippen MR) is 74.2 cm³/mol. The van der Waals surface area contributed by atoms with Crippen LogP contribution < -0.4 is 5.73 Å². The van der Waals surface area contributed by atoms with Gasteiger partial charge in [-0.3, -0.25) is 4.79 Å². The van der Waals surface area contributed by atoms with E-state index in [-0.39, 0.29) is 23.3 Å². The third-order valence-corrected chi connectivity index (χ3v) is 4.81. The van der Waals surface area contributed by atoms with Crippen LogP contribution in [0, 0.1) is 11.3 Å². The van der Waals surface area contributed by atoms with Crippen LogP contribution in [0.15, 0.2) is 0 Å². The molecule has 0 aromatic carbocycles. The Morgan fingerprint density at radius 3 is 2.50 bits per heavy atom. The molecule has 102 valence electrons. The van der Waals surface area contributed by atoms with Gasteiger partial charge in [0.05, 0.1) is 23.6 Å².